The number of aliphatic carboxylic acids is 1. The van der Waals surface area contributed by atoms with Crippen molar-refractivity contribution >= 4 is 28.5 Å². The largest absolute Gasteiger partial charge is 0.550 e. The number of alkyl halides is 3. The first kappa shape index (κ1) is 17.4. The molecule has 0 aliphatic heterocycles. The number of H-pyrrole nitrogens is 1. The molecule has 0 spiro atoms. The zero-order chi connectivity index (χ0) is 18.2. The Balaban J connectivity index is 2.15. The summed E-state index contributed by atoms with van der Waals surface area (Å²) in [6.07, 6.45) is -3.36. The Morgan fingerprint density at radius 2 is 1.96 bits per heavy atom. The molecule has 0 radical (unpaired) electrons. The molecule has 0 unspecified atom stereocenters. The van der Waals surface area contributed by atoms with Crippen LogP contribution in [-0.4, -0.2) is 11.0 Å². The Morgan fingerprint density at radius 1 is 1.20 bits per heavy atom. The van der Waals surface area contributed by atoms with E-state index in [1.807, 2.05) is 0 Å². The lowest BCUT2D eigenvalue weighted by Gasteiger charge is -2.19. The number of hydrogen-bond donors (Lipinski definition) is 1. The van der Waals surface area contributed by atoms with Gasteiger partial charge in [0.1, 0.15) is 0 Å². The van der Waals surface area contributed by atoms with Crippen molar-refractivity contribution in [3.63, 3.8) is 0 Å². The van der Waals surface area contributed by atoms with Gasteiger partial charge in [-0.2, -0.15) is 13.2 Å². The third-order valence-electron chi connectivity index (χ3n) is 4.04. The third-order valence-corrected chi connectivity index (χ3v) is 4.27. The van der Waals surface area contributed by atoms with Gasteiger partial charge < -0.3 is 14.9 Å². The smallest absolute Gasteiger partial charge is 0.416 e. The van der Waals surface area contributed by atoms with Crippen LogP contribution >= 0.6 is 11.6 Å². The maximum Gasteiger partial charge on any atom is 0.416 e. The van der Waals surface area contributed by atoms with Crippen LogP contribution in [0.5, 0.6) is 0 Å². The number of carboxylic acids is 1. The normalized spacial score (nSPS) is 13.1. The van der Waals surface area contributed by atoms with E-state index in [1.54, 1.807) is 24.4 Å². The average Bonchev–Trinajstić information content (AvgIpc) is 2.94. The van der Waals surface area contributed by atoms with E-state index in [1.165, 1.54) is 12.1 Å². The standard InChI is InChI=1S/C18H13ClF3NO2/c19-12-4-5-16-14(7-12)15(9-23-16)13(8-17(24)25)10-2-1-3-11(6-10)18(20,21)22/h1-7,9,13,23H,8H2,(H,24,25)/p-1/t13-/m0/s1. The number of benzene rings is 2. The number of fused-ring (bicyclic) bond motifs is 1. The molecule has 0 saturated heterocycles. The molecule has 0 bridgehead atoms. The molecular formula is C18H12ClF3NO2-. The first-order valence-electron chi connectivity index (χ1n) is 7.39. The predicted molar refractivity (Wildman–Crippen MR) is 86.2 cm³/mol. The Bertz CT molecular complexity index is 933. The van der Waals surface area contributed by atoms with Gasteiger partial charge in [0.15, 0.2) is 0 Å². The fourth-order valence-corrected chi connectivity index (χ4v) is 3.08. The van der Waals surface area contributed by atoms with Crippen LogP contribution in [0.25, 0.3) is 10.9 Å². The van der Waals surface area contributed by atoms with E-state index in [4.69, 9.17) is 11.6 Å². The molecule has 3 aromatic rings. The molecule has 3 nitrogen and oxygen atoms in total. The van der Waals surface area contributed by atoms with Crippen LogP contribution in [0, 0.1) is 0 Å². The minimum absolute atomic E-state index is 0.250. The van der Waals surface area contributed by atoms with Gasteiger partial charge in [-0.25, -0.2) is 0 Å². The van der Waals surface area contributed by atoms with Crippen molar-refractivity contribution in [3.8, 4) is 0 Å². The Morgan fingerprint density at radius 3 is 2.64 bits per heavy atom. The van der Waals surface area contributed by atoms with Crippen LogP contribution in [0.15, 0.2) is 48.7 Å². The van der Waals surface area contributed by atoms with Crippen molar-refractivity contribution in [2.45, 2.75) is 18.5 Å². The SMILES string of the molecule is O=C([O-])C[C@@H](c1cccc(C(F)(F)F)c1)c1c[nH]c2ccc(Cl)cc12. The minimum atomic E-state index is -4.51. The van der Waals surface area contributed by atoms with Crippen LogP contribution in [0.4, 0.5) is 13.2 Å². The predicted octanol–water partition coefficient (Wildman–Crippen LogP) is 4.11. The Hall–Kier alpha value is -2.47. The van der Waals surface area contributed by atoms with E-state index in [0.29, 0.717) is 16.0 Å². The van der Waals surface area contributed by atoms with Gasteiger partial charge >= 0.3 is 6.18 Å². The molecule has 0 fully saturated rings. The number of carboxylic acid groups (broad SMARTS) is 1. The summed E-state index contributed by atoms with van der Waals surface area (Å²) in [6, 6.07) is 9.71. The molecule has 2 aromatic carbocycles. The Kier molecular flexibility index (Phi) is 4.47. The van der Waals surface area contributed by atoms with Crippen molar-refractivity contribution in [1.29, 1.82) is 0 Å². The lowest BCUT2D eigenvalue weighted by molar-refractivity contribution is -0.305. The maximum atomic E-state index is 13.0. The van der Waals surface area contributed by atoms with Gasteiger partial charge in [-0.1, -0.05) is 29.8 Å². The van der Waals surface area contributed by atoms with Crippen molar-refractivity contribution in [2.24, 2.45) is 0 Å². The Labute approximate surface area is 146 Å². The highest BCUT2D eigenvalue weighted by Gasteiger charge is 2.31. The molecule has 130 valence electrons. The molecule has 1 heterocycles. The summed E-state index contributed by atoms with van der Waals surface area (Å²) in [4.78, 5) is 14.2. The fraction of sp³-hybridized carbons (Fsp3) is 0.167. The molecule has 3 rings (SSSR count). The molecule has 25 heavy (non-hydrogen) atoms. The molecule has 0 aliphatic carbocycles. The quantitative estimate of drug-likeness (QED) is 0.755. The van der Waals surface area contributed by atoms with Crippen LogP contribution in [-0.2, 0) is 11.0 Å². The summed E-state index contributed by atoms with van der Waals surface area (Å²) in [5.74, 6) is -2.14. The van der Waals surface area contributed by atoms with Crippen LogP contribution in [0.3, 0.4) is 0 Å². The fourth-order valence-electron chi connectivity index (χ4n) is 2.91. The van der Waals surface area contributed by atoms with E-state index in [2.05, 4.69) is 4.98 Å². The molecule has 0 aliphatic rings. The molecule has 1 atom stereocenters. The average molecular weight is 367 g/mol. The third kappa shape index (κ3) is 3.64. The first-order valence-corrected chi connectivity index (χ1v) is 7.77. The second-order valence-corrected chi connectivity index (χ2v) is 6.12. The highest BCUT2D eigenvalue weighted by atomic mass is 35.5. The number of carbonyl (C=O) groups excluding carboxylic acids is 1. The van der Waals surface area contributed by atoms with Crippen molar-refractivity contribution in [3.05, 3.63) is 70.4 Å². The van der Waals surface area contributed by atoms with Crippen LogP contribution < -0.4 is 5.11 Å². The van der Waals surface area contributed by atoms with Crippen LogP contribution in [0.2, 0.25) is 5.02 Å². The summed E-state index contributed by atoms with van der Waals surface area (Å²) in [6.45, 7) is 0. The highest BCUT2D eigenvalue weighted by Crippen LogP contribution is 2.37. The number of halogens is 4. The molecule has 0 saturated carbocycles. The van der Waals surface area contributed by atoms with Crippen LogP contribution in [0.1, 0.15) is 29.0 Å². The second-order valence-electron chi connectivity index (χ2n) is 5.69. The first-order chi connectivity index (χ1) is 11.8. The number of rotatable bonds is 4. The monoisotopic (exact) mass is 366 g/mol. The summed E-state index contributed by atoms with van der Waals surface area (Å²) in [5.41, 5.74) is 0.696. The molecule has 0 amide bonds. The van der Waals surface area contributed by atoms with E-state index in [-0.39, 0.29) is 5.56 Å². The molecule has 7 heteroatoms. The lowest BCUT2D eigenvalue weighted by Crippen LogP contribution is -2.25. The van der Waals surface area contributed by atoms with E-state index < -0.39 is 30.0 Å². The van der Waals surface area contributed by atoms with E-state index in [9.17, 15) is 23.1 Å². The van der Waals surface area contributed by atoms with Crippen molar-refractivity contribution < 1.29 is 23.1 Å². The minimum Gasteiger partial charge on any atom is -0.550 e. The van der Waals surface area contributed by atoms with E-state index in [0.717, 1.165) is 17.6 Å². The molecular weight excluding hydrogens is 355 g/mol. The number of aromatic nitrogens is 1. The summed E-state index contributed by atoms with van der Waals surface area (Å²) in [5, 5.41) is 12.3. The molecule has 1 aromatic heterocycles. The van der Waals surface area contributed by atoms with Gasteiger partial charge in [-0.3, -0.25) is 0 Å². The van der Waals surface area contributed by atoms with E-state index >= 15 is 0 Å². The van der Waals surface area contributed by atoms with Gasteiger partial charge in [-0.05, 0) is 41.8 Å². The summed E-state index contributed by atoms with van der Waals surface area (Å²) < 4.78 is 39.0. The van der Waals surface area contributed by atoms with Gasteiger partial charge in [0.25, 0.3) is 0 Å². The second kappa shape index (κ2) is 6.44. The number of hydrogen-bond acceptors (Lipinski definition) is 2. The summed E-state index contributed by atoms with van der Waals surface area (Å²) in [7, 11) is 0. The van der Waals surface area contributed by atoms with Crippen molar-refractivity contribution in [1.82, 2.24) is 4.98 Å². The number of nitrogens with one attached hydrogen (secondary N) is 1. The van der Waals surface area contributed by atoms with Gasteiger partial charge in [-0.15, -0.1) is 0 Å². The number of carbonyl (C=O) groups is 1. The zero-order valence-electron chi connectivity index (χ0n) is 12.7. The molecule has 1 N–H and O–H groups in total. The zero-order valence-corrected chi connectivity index (χ0v) is 13.5. The maximum absolute atomic E-state index is 13.0. The number of aromatic amines is 1. The lowest BCUT2D eigenvalue weighted by atomic mass is 9.87. The summed E-state index contributed by atoms with van der Waals surface area (Å²) >= 11 is 6.00. The van der Waals surface area contributed by atoms with Gasteiger partial charge in [0, 0.05) is 34.0 Å². The highest BCUT2D eigenvalue weighted by molar-refractivity contribution is 6.31. The van der Waals surface area contributed by atoms with Gasteiger partial charge in [0.2, 0.25) is 0 Å². The van der Waals surface area contributed by atoms with Crippen molar-refractivity contribution in [2.75, 3.05) is 0 Å². The topological polar surface area (TPSA) is 55.9 Å². The van der Waals surface area contributed by atoms with Gasteiger partial charge in [0.05, 0.1) is 5.56 Å².